The van der Waals surface area contributed by atoms with Crippen LogP contribution in [0.1, 0.15) is 48.5 Å². The molecule has 5 heteroatoms. The van der Waals surface area contributed by atoms with Gasteiger partial charge in [0.25, 0.3) is 5.91 Å². The molecule has 1 saturated carbocycles. The number of carbonyl (C=O) groups excluding carboxylic acids is 2. The van der Waals surface area contributed by atoms with Crippen LogP contribution in [0.25, 0.3) is 0 Å². The molecule has 1 aromatic carbocycles. The minimum atomic E-state index is 0.0703. The van der Waals surface area contributed by atoms with Crippen LogP contribution in [-0.4, -0.2) is 47.9 Å². The molecule has 1 aliphatic carbocycles. The highest BCUT2D eigenvalue weighted by molar-refractivity contribution is 7.99. The first kappa shape index (κ1) is 17.3. The van der Waals surface area contributed by atoms with E-state index in [0.29, 0.717) is 11.3 Å². The zero-order chi connectivity index (χ0) is 17.3. The van der Waals surface area contributed by atoms with E-state index in [9.17, 15) is 9.59 Å². The Bertz CT molecular complexity index is 646. The van der Waals surface area contributed by atoms with Crippen molar-refractivity contribution in [3.8, 4) is 0 Å². The van der Waals surface area contributed by atoms with Crippen molar-refractivity contribution in [3.63, 3.8) is 0 Å². The fourth-order valence-corrected chi connectivity index (χ4v) is 5.07. The van der Waals surface area contributed by atoms with Gasteiger partial charge in [0.15, 0.2) is 0 Å². The molecular weight excluding hydrogens is 320 g/mol. The van der Waals surface area contributed by atoms with Gasteiger partial charge in [-0.25, -0.2) is 0 Å². The predicted molar refractivity (Wildman–Crippen MR) is 99.8 cm³/mol. The van der Waals surface area contributed by atoms with Crippen LogP contribution in [0.2, 0.25) is 0 Å². The second kappa shape index (κ2) is 7.18. The predicted octanol–water partition coefficient (Wildman–Crippen LogP) is 3.34. The Hall–Kier alpha value is -1.49. The third kappa shape index (κ3) is 3.18. The van der Waals surface area contributed by atoms with Gasteiger partial charge in [0.05, 0.1) is 0 Å². The van der Waals surface area contributed by atoms with Crippen LogP contribution in [-0.2, 0) is 11.2 Å². The van der Waals surface area contributed by atoms with Crippen molar-refractivity contribution in [2.75, 3.05) is 24.7 Å². The number of fused-ring (bicyclic) bond motifs is 1. The number of rotatable bonds is 3. The third-order valence-electron chi connectivity index (χ3n) is 5.36. The summed E-state index contributed by atoms with van der Waals surface area (Å²) in [5.74, 6) is 0.171. The summed E-state index contributed by atoms with van der Waals surface area (Å²) in [6.07, 6.45) is 7.51. The maximum Gasteiger partial charge on any atom is 0.253 e. The Morgan fingerprint density at radius 2 is 2.04 bits per heavy atom. The van der Waals surface area contributed by atoms with Crippen molar-refractivity contribution in [2.45, 2.75) is 50.3 Å². The maximum absolute atomic E-state index is 12.9. The van der Waals surface area contributed by atoms with Crippen molar-refractivity contribution in [3.05, 3.63) is 29.3 Å². The van der Waals surface area contributed by atoms with E-state index in [4.69, 9.17) is 0 Å². The summed E-state index contributed by atoms with van der Waals surface area (Å²) < 4.78 is 0. The van der Waals surface area contributed by atoms with Crippen LogP contribution in [0.3, 0.4) is 0 Å². The number of anilines is 1. The summed E-state index contributed by atoms with van der Waals surface area (Å²) in [4.78, 5) is 28.5. The van der Waals surface area contributed by atoms with Crippen molar-refractivity contribution >= 4 is 29.3 Å². The first-order valence-corrected chi connectivity index (χ1v) is 10.0. The number of hydrogen-bond acceptors (Lipinski definition) is 3. The molecule has 2 amide bonds. The first-order valence-electron chi connectivity index (χ1n) is 8.74. The summed E-state index contributed by atoms with van der Waals surface area (Å²) in [6.45, 7) is 2.37. The molecule has 0 spiro atoms. The van der Waals surface area contributed by atoms with E-state index in [-0.39, 0.29) is 11.8 Å². The Kier molecular flexibility index (Phi) is 5.18. The Balaban J connectivity index is 1.82. The standard InChI is InChI=1S/C19H26N2O2S/c1-13(22)21-11-5-6-14-12-15(9-10-16(14)21)19(23)20(2)17-7-4-8-18(17)24-3/h9-10,12,17-18H,4-8,11H2,1-3H3. The van der Waals surface area contributed by atoms with Crippen LogP contribution in [0.5, 0.6) is 0 Å². The minimum absolute atomic E-state index is 0.0703. The smallest absolute Gasteiger partial charge is 0.253 e. The lowest BCUT2D eigenvalue weighted by molar-refractivity contribution is -0.116. The average molecular weight is 346 g/mol. The first-order chi connectivity index (χ1) is 11.5. The minimum Gasteiger partial charge on any atom is -0.338 e. The van der Waals surface area contributed by atoms with E-state index < -0.39 is 0 Å². The monoisotopic (exact) mass is 346 g/mol. The zero-order valence-corrected chi connectivity index (χ0v) is 15.6. The van der Waals surface area contributed by atoms with Crippen LogP contribution in [0.4, 0.5) is 5.69 Å². The van der Waals surface area contributed by atoms with Gasteiger partial charge in [0.1, 0.15) is 0 Å². The van der Waals surface area contributed by atoms with Gasteiger partial charge >= 0.3 is 0 Å². The molecule has 2 unspecified atom stereocenters. The largest absolute Gasteiger partial charge is 0.338 e. The Labute approximate surface area is 148 Å². The van der Waals surface area contributed by atoms with E-state index in [1.807, 2.05) is 46.8 Å². The summed E-state index contributed by atoms with van der Waals surface area (Å²) in [7, 11) is 1.93. The lowest BCUT2D eigenvalue weighted by Crippen LogP contribution is -2.40. The van der Waals surface area contributed by atoms with Crippen LogP contribution in [0.15, 0.2) is 18.2 Å². The molecule has 0 radical (unpaired) electrons. The van der Waals surface area contributed by atoms with Crippen LogP contribution in [0, 0.1) is 0 Å². The van der Waals surface area contributed by atoms with Gasteiger partial charge in [-0.15, -0.1) is 0 Å². The summed E-state index contributed by atoms with van der Waals surface area (Å²) in [6, 6.07) is 6.14. The van der Waals surface area contributed by atoms with E-state index in [2.05, 4.69) is 6.26 Å². The fraction of sp³-hybridized carbons (Fsp3) is 0.579. The van der Waals surface area contributed by atoms with Gasteiger partial charge in [-0.05, 0) is 55.7 Å². The number of aryl methyl sites for hydroxylation is 1. The molecule has 1 aromatic rings. The molecule has 130 valence electrons. The Morgan fingerprint density at radius 1 is 1.25 bits per heavy atom. The number of amides is 2. The average Bonchev–Trinajstić information content (AvgIpc) is 3.07. The number of nitrogens with zero attached hydrogens (tertiary/aromatic N) is 2. The molecule has 0 aromatic heterocycles. The molecule has 0 saturated heterocycles. The molecule has 0 N–H and O–H groups in total. The van der Waals surface area contributed by atoms with E-state index in [1.165, 1.54) is 12.8 Å². The van der Waals surface area contributed by atoms with Crippen molar-refractivity contribution in [1.29, 1.82) is 0 Å². The fourth-order valence-electron chi connectivity index (χ4n) is 4.04. The SMILES string of the molecule is CSC1CCCC1N(C)C(=O)c1ccc2c(c1)CCCN2C(C)=O. The highest BCUT2D eigenvalue weighted by Gasteiger charge is 2.32. The molecule has 1 fully saturated rings. The molecule has 0 bridgehead atoms. The molecular formula is C19H26N2O2S. The van der Waals surface area contributed by atoms with Gasteiger partial charge in [-0.1, -0.05) is 6.42 Å². The summed E-state index contributed by atoms with van der Waals surface area (Å²) >= 11 is 1.87. The maximum atomic E-state index is 12.9. The Morgan fingerprint density at radius 3 is 2.75 bits per heavy atom. The third-order valence-corrected chi connectivity index (χ3v) is 6.52. The van der Waals surface area contributed by atoms with E-state index >= 15 is 0 Å². The van der Waals surface area contributed by atoms with E-state index in [0.717, 1.165) is 42.6 Å². The topological polar surface area (TPSA) is 40.6 Å². The quantitative estimate of drug-likeness (QED) is 0.843. The van der Waals surface area contributed by atoms with Crippen LogP contribution < -0.4 is 4.90 Å². The lowest BCUT2D eigenvalue weighted by atomic mass is 9.98. The van der Waals surface area contributed by atoms with Crippen LogP contribution >= 0.6 is 11.8 Å². The second-order valence-corrected chi connectivity index (χ2v) is 7.88. The van der Waals surface area contributed by atoms with Crippen molar-refractivity contribution in [1.82, 2.24) is 4.90 Å². The highest BCUT2D eigenvalue weighted by Crippen LogP contribution is 2.33. The number of hydrogen-bond donors (Lipinski definition) is 0. The van der Waals surface area contributed by atoms with Crippen molar-refractivity contribution < 1.29 is 9.59 Å². The summed E-state index contributed by atoms with van der Waals surface area (Å²) in [5, 5.41) is 0.546. The lowest BCUT2D eigenvalue weighted by Gasteiger charge is -2.31. The zero-order valence-electron chi connectivity index (χ0n) is 14.7. The highest BCUT2D eigenvalue weighted by atomic mass is 32.2. The molecule has 1 aliphatic heterocycles. The van der Waals surface area contributed by atoms with Gasteiger partial charge in [-0.3, -0.25) is 9.59 Å². The number of thioether (sulfide) groups is 1. The molecule has 3 rings (SSSR count). The van der Waals surface area contributed by atoms with Crippen molar-refractivity contribution in [2.24, 2.45) is 0 Å². The molecule has 1 heterocycles. The van der Waals surface area contributed by atoms with Gasteiger partial charge in [-0.2, -0.15) is 11.8 Å². The van der Waals surface area contributed by atoms with E-state index in [1.54, 1.807) is 6.92 Å². The second-order valence-electron chi connectivity index (χ2n) is 6.81. The normalized spacial score (nSPS) is 23.0. The van der Waals surface area contributed by atoms with Gasteiger partial charge in [0.2, 0.25) is 5.91 Å². The number of benzene rings is 1. The molecule has 4 nitrogen and oxygen atoms in total. The van der Waals surface area contributed by atoms with Gasteiger partial charge in [0, 0.05) is 43.1 Å². The molecule has 2 atom stereocenters. The molecule has 2 aliphatic rings. The van der Waals surface area contributed by atoms with Gasteiger partial charge < -0.3 is 9.80 Å². The summed E-state index contributed by atoms with van der Waals surface area (Å²) in [5.41, 5.74) is 2.83. The molecule has 24 heavy (non-hydrogen) atoms. The number of carbonyl (C=O) groups is 2.